The molecule has 0 bridgehead atoms. The number of sulfonamides is 1. The average Bonchev–Trinajstić information content (AvgIpc) is 2.84. The van der Waals surface area contributed by atoms with Gasteiger partial charge in [0.05, 0.1) is 5.69 Å². The molecule has 20 heavy (non-hydrogen) atoms. The average molecular weight is 379 g/mol. The van der Waals surface area contributed by atoms with Crippen molar-refractivity contribution < 1.29 is 12.8 Å². The zero-order chi connectivity index (χ0) is 14.8. The summed E-state index contributed by atoms with van der Waals surface area (Å²) in [6, 6.07) is 7.50. The molecule has 2 rings (SSSR count). The van der Waals surface area contributed by atoms with E-state index in [9.17, 15) is 12.8 Å². The van der Waals surface area contributed by atoms with Crippen molar-refractivity contribution in [2.24, 2.45) is 0 Å². The number of benzene rings is 1. The minimum Gasteiger partial charge on any atom is -0.315 e. The lowest BCUT2D eigenvalue weighted by Gasteiger charge is -2.09. The van der Waals surface area contributed by atoms with Crippen molar-refractivity contribution >= 4 is 43.0 Å². The Kier molecular flexibility index (Phi) is 4.79. The summed E-state index contributed by atoms with van der Waals surface area (Å²) < 4.78 is 40.9. The fourth-order valence-electron chi connectivity index (χ4n) is 1.55. The van der Waals surface area contributed by atoms with Crippen LogP contribution in [0, 0.1) is 5.82 Å². The van der Waals surface area contributed by atoms with E-state index < -0.39 is 15.8 Å². The van der Waals surface area contributed by atoms with Gasteiger partial charge in [-0.15, -0.1) is 11.3 Å². The zero-order valence-corrected chi connectivity index (χ0v) is 13.7. The van der Waals surface area contributed by atoms with E-state index in [1.807, 2.05) is 0 Å². The quantitative estimate of drug-likeness (QED) is 0.839. The van der Waals surface area contributed by atoms with Gasteiger partial charge in [-0.25, -0.2) is 12.8 Å². The molecular weight excluding hydrogens is 367 g/mol. The van der Waals surface area contributed by atoms with Gasteiger partial charge < -0.3 is 5.32 Å². The molecule has 1 aromatic heterocycles. The standard InChI is InChI=1S/C12H12BrFN2O2S2/c1-15-7-8-5-6-11(19-8)20(17,18)16-12-9(13)3-2-4-10(12)14/h2-6,15-16H,7H2,1H3. The summed E-state index contributed by atoms with van der Waals surface area (Å²) in [5, 5.41) is 2.94. The van der Waals surface area contributed by atoms with Crippen LogP contribution < -0.4 is 10.0 Å². The third-order valence-corrected chi connectivity index (χ3v) is 6.04. The van der Waals surface area contributed by atoms with E-state index in [0.717, 1.165) is 16.2 Å². The van der Waals surface area contributed by atoms with Gasteiger partial charge in [0.15, 0.2) is 0 Å². The Morgan fingerprint density at radius 3 is 2.70 bits per heavy atom. The molecule has 0 atom stereocenters. The Balaban J connectivity index is 2.31. The lowest BCUT2D eigenvalue weighted by Crippen LogP contribution is -2.13. The second kappa shape index (κ2) is 6.21. The summed E-state index contributed by atoms with van der Waals surface area (Å²) in [6.45, 7) is 0.587. The summed E-state index contributed by atoms with van der Waals surface area (Å²) in [6.07, 6.45) is 0. The molecule has 1 aromatic carbocycles. The van der Waals surface area contributed by atoms with Gasteiger partial charge in [0.1, 0.15) is 10.0 Å². The van der Waals surface area contributed by atoms with Crippen LogP contribution >= 0.6 is 27.3 Å². The van der Waals surface area contributed by atoms with E-state index in [0.29, 0.717) is 11.0 Å². The molecule has 0 fully saturated rings. The van der Waals surface area contributed by atoms with Gasteiger partial charge in [0.2, 0.25) is 0 Å². The smallest absolute Gasteiger partial charge is 0.271 e. The summed E-state index contributed by atoms with van der Waals surface area (Å²) in [7, 11) is -2.00. The number of nitrogens with one attached hydrogen (secondary N) is 2. The van der Waals surface area contributed by atoms with E-state index in [2.05, 4.69) is 26.0 Å². The molecule has 0 spiro atoms. The fourth-order valence-corrected chi connectivity index (χ4v) is 4.58. The molecule has 0 aliphatic carbocycles. The number of halogens is 2. The van der Waals surface area contributed by atoms with Gasteiger partial charge in [-0.1, -0.05) is 6.07 Å². The normalized spacial score (nSPS) is 11.6. The van der Waals surface area contributed by atoms with Crippen LogP contribution in [0.2, 0.25) is 0 Å². The first-order chi connectivity index (χ1) is 9.44. The van der Waals surface area contributed by atoms with Crippen LogP contribution in [-0.4, -0.2) is 15.5 Å². The number of anilines is 1. The third-order valence-electron chi connectivity index (χ3n) is 2.45. The highest BCUT2D eigenvalue weighted by atomic mass is 79.9. The van der Waals surface area contributed by atoms with E-state index in [-0.39, 0.29) is 9.90 Å². The van der Waals surface area contributed by atoms with E-state index in [1.54, 1.807) is 19.2 Å². The van der Waals surface area contributed by atoms with Gasteiger partial charge in [-0.3, -0.25) is 4.72 Å². The van der Waals surface area contributed by atoms with E-state index >= 15 is 0 Å². The Morgan fingerprint density at radius 1 is 1.30 bits per heavy atom. The molecule has 4 nitrogen and oxygen atoms in total. The summed E-state index contributed by atoms with van der Waals surface area (Å²) in [5.41, 5.74) is -0.0870. The number of hydrogen-bond acceptors (Lipinski definition) is 4. The molecule has 0 amide bonds. The molecule has 2 N–H and O–H groups in total. The second-order valence-corrected chi connectivity index (χ2v) is 7.89. The maximum atomic E-state index is 13.7. The lowest BCUT2D eigenvalue weighted by atomic mass is 10.3. The molecule has 2 aromatic rings. The van der Waals surface area contributed by atoms with Crippen molar-refractivity contribution in [1.29, 1.82) is 0 Å². The Hall–Kier alpha value is -0.960. The van der Waals surface area contributed by atoms with Crippen LogP contribution in [0.15, 0.2) is 39.0 Å². The third kappa shape index (κ3) is 3.38. The highest BCUT2D eigenvalue weighted by Gasteiger charge is 2.20. The van der Waals surface area contributed by atoms with Crippen LogP contribution in [0.4, 0.5) is 10.1 Å². The van der Waals surface area contributed by atoms with Crippen molar-refractivity contribution in [3.8, 4) is 0 Å². The van der Waals surface area contributed by atoms with Crippen molar-refractivity contribution in [2.75, 3.05) is 11.8 Å². The van der Waals surface area contributed by atoms with Gasteiger partial charge in [-0.2, -0.15) is 0 Å². The molecule has 0 saturated heterocycles. The van der Waals surface area contributed by atoms with E-state index in [1.165, 1.54) is 18.2 Å². The maximum absolute atomic E-state index is 13.7. The van der Waals surface area contributed by atoms with Crippen LogP contribution in [0.5, 0.6) is 0 Å². The number of para-hydroxylation sites is 1. The number of hydrogen-bond donors (Lipinski definition) is 2. The monoisotopic (exact) mass is 378 g/mol. The van der Waals surface area contributed by atoms with Gasteiger partial charge >= 0.3 is 0 Å². The van der Waals surface area contributed by atoms with Crippen LogP contribution in [0.3, 0.4) is 0 Å². The Labute approximate surface area is 129 Å². The number of thiophene rings is 1. The SMILES string of the molecule is CNCc1ccc(S(=O)(=O)Nc2c(F)cccc2Br)s1. The predicted molar refractivity (Wildman–Crippen MR) is 82.0 cm³/mol. The maximum Gasteiger partial charge on any atom is 0.271 e. The molecule has 108 valence electrons. The Morgan fingerprint density at radius 2 is 2.05 bits per heavy atom. The second-order valence-electron chi connectivity index (χ2n) is 3.95. The first kappa shape index (κ1) is 15.4. The molecule has 1 heterocycles. The predicted octanol–water partition coefficient (Wildman–Crippen LogP) is 3.17. The van der Waals surface area contributed by atoms with Gasteiger partial charge in [0.25, 0.3) is 10.0 Å². The first-order valence-electron chi connectivity index (χ1n) is 5.64. The minimum absolute atomic E-state index is 0.0870. The molecule has 0 aliphatic rings. The molecule has 8 heteroatoms. The van der Waals surface area contributed by atoms with Crippen LogP contribution in [0.1, 0.15) is 4.88 Å². The van der Waals surface area contributed by atoms with Crippen molar-refractivity contribution in [1.82, 2.24) is 5.32 Å². The summed E-state index contributed by atoms with van der Waals surface area (Å²) in [5.74, 6) is -0.630. The van der Waals surface area contributed by atoms with E-state index in [4.69, 9.17) is 0 Å². The lowest BCUT2D eigenvalue weighted by molar-refractivity contribution is 0.600. The van der Waals surface area contributed by atoms with Crippen LogP contribution in [-0.2, 0) is 16.6 Å². The summed E-state index contributed by atoms with van der Waals surface area (Å²) >= 11 is 4.27. The minimum atomic E-state index is -3.79. The fraction of sp³-hybridized carbons (Fsp3) is 0.167. The molecule has 0 aliphatic heterocycles. The topological polar surface area (TPSA) is 58.2 Å². The van der Waals surface area contributed by atoms with Crippen molar-refractivity contribution in [3.63, 3.8) is 0 Å². The first-order valence-corrected chi connectivity index (χ1v) is 8.73. The highest BCUT2D eigenvalue weighted by molar-refractivity contribution is 9.10. The van der Waals surface area contributed by atoms with Crippen molar-refractivity contribution in [3.05, 3.63) is 45.5 Å². The zero-order valence-electron chi connectivity index (χ0n) is 10.5. The molecule has 0 saturated carbocycles. The Bertz CT molecular complexity index is 696. The van der Waals surface area contributed by atoms with Gasteiger partial charge in [-0.05, 0) is 47.2 Å². The van der Waals surface area contributed by atoms with Crippen molar-refractivity contribution in [2.45, 2.75) is 10.8 Å². The van der Waals surface area contributed by atoms with Gasteiger partial charge in [0, 0.05) is 15.9 Å². The largest absolute Gasteiger partial charge is 0.315 e. The summed E-state index contributed by atoms with van der Waals surface area (Å²) in [4.78, 5) is 0.889. The highest BCUT2D eigenvalue weighted by Crippen LogP contribution is 2.29. The molecule has 0 unspecified atom stereocenters. The molecular formula is C12H12BrFN2O2S2. The van der Waals surface area contributed by atoms with Crippen LogP contribution in [0.25, 0.3) is 0 Å². The number of rotatable bonds is 5. The molecule has 0 radical (unpaired) electrons.